The smallest absolute Gasteiger partial charge is 0.410 e. The quantitative estimate of drug-likeness (QED) is 0.462. The topological polar surface area (TPSA) is 103 Å². The Balaban J connectivity index is 2.06. The van der Waals surface area contributed by atoms with Crippen LogP contribution >= 0.6 is 0 Å². The number of rotatable bonds is 7. The Morgan fingerprint density at radius 2 is 1.63 bits per heavy atom. The van der Waals surface area contributed by atoms with Crippen LogP contribution in [0.25, 0.3) is 10.9 Å². The Labute approximate surface area is 207 Å². The highest BCUT2D eigenvalue weighted by atomic mass is 32.2. The molecule has 10 heteroatoms. The third kappa shape index (κ3) is 6.43. The molecule has 0 radical (unpaired) electrons. The van der Waals surface area contributed by atoms with E-state index in [4.69, 9.17) is 4.74 Å². The number of hydrogen-bond acceptors (Lipinski definition) is 6. The molecule has 35 heavy (non-hydrogen) atoms. The summed E-state index contributed by atoms with van der Waals surface area (Å²) in [4.78, 5) is 13.9. The van der Waals surface area contributed by atoms with Crippen molar-refractivity contribution in [3.8, 4) is 0 Å². The zero-order valence-electron chi connectivity index (χ0n) is 20.8. The van der Waals surface area contributed by atoms with E-state index in [9.17, 15) is 21.6 Å². The van der Waals surface area contributed by atoms with E-state index in [0.717, 1.165) is 33.8 Å². The highest BCUT2D eigenvalue weighted by molar-refractivity contribution is 7.91. The normalized spacial score (nSPS) is 13.5. The van der Waals surface area contributed by atoms with Crippen molar-refractivity contribution in [2.45, 2.75) is 43.6 Å². The molecular weight excluding hydrogens is 488 g/mol. The number of carbonyl (C=O) groups is 1. The zero-order chi connectivity index (χ0) is 26.2. The van der Waals surface area contributed by atoms with Gasteiger partial charge in [0.1, 0.15) is 5.60 Å². The summed E-state index contributed by atoms with van der Waals surface area (Å²) in [6.45, 7) is 5.82. The van der Waals surface area contributed by atoms with Gasteiger partial charge in [0.25, 0.3) is 0 Å². The summed E-state index contributed by atoms with van der Waals surface area (Å²) in [5, 5.41) is 0.344. The summed E-state index contributed by atoms with van der Waals surface area (Å²) in [5.41, 5.74) is 1.50. The second kappa shape index (κ2) is 9.66. The lowest BCUT2D eigenvalue weighted by Crippen LogP contribution is -2.35. The van der Waals surface area contributed by atoms with Gasteiger partial charge in [0.2, 0.25) is 10.0 Å². The molecule has 0 bridgehead atoms. The lowest BCUT2D eigenvalue weighted by atomic mass is 9.88. The summed E-state index contributed by atoms with van der Waals surface area (Å²) in [7, 11) is -5.72. The van der Waals surface area contributed by atoms with E-state index in [2.05, 4.69) is 0 Å². The van der Waals surface area contributed by atoms with Crippen molar-refractivity contribution in [2.24, 2.45) is 0 Å². The molecule has 3 aromatic rings. The Morgan fingerprint density at radius 1 is 1.00 bits per heavy atom. The second-order valence-corrected chi connectivity index (χ2v) is 13.6. The lowest BCUT2D eigenvalue weighted by molar-refractivity contribution is 0.0295. The molecule has 0 aliphatic carbocycles. The van der Waals surface area contributed by atoms with Gasteiger partial charge >= 0.3 is 6.09 Å². The number of ether oxygens (including phenoxy) is 1. The van der Waals surface area contributed by atoms with E-state index in [0.29, 0.717) is 23.9 Å². The van der Waals surface area contributed by atoms with Crippen molar-refractivity contribution in [1.82, 2.24) is 8.87 Å². The van der Waals surface area contributed by atoms with Crippen LogP contribution in [0.3, 0.4) is 0 Å². The first kappa shape index (κ1) is 26.7. The highest BCUT2D eigenvalue weighted by Crippen LogP contribution is 2.34. The van der Waals surface area contributed by atoms with Crippen LogP contribution in [-0.4, -0.2) is 63.5 Å². The van der Waals surface area contributed by atoms with Crippen LogP contribution in [0.1, 0.15) is 44.2 Å². The molecule has 0 spiro atoms. The molecule has 0 saturated heterocycles. The molecule has 0 N–H and O–H groups in total. The van der Waals surface area contributed by atoms with Gasteiger partial charge in [0.15, 0.2) is 9.84 Å². The van der Waals surface area contributed by atoms with Gasteiger partial charge < -0.3 is 9.64 Å². The van der Waals surface area contributed by atoms with Crippen LogP contribution in [0.15, 0.2) is 59.6 Å². The minimum absolute atomic E-state index is 0.0440. The largest absolute Gasteiger partial charge is 0.444 e. The van der Waals surface area contributed by atoms with Gasteiger partial charge in [-0.25, -0.2) is 25.6 Å². The molecule has 2 aromatic carbocycles. The maximum Gasteiger partial charge on any atom is 0.410 e. The van der Waals surface area contributed by atoms with Crippen molar-refractivity contribution >= 4 is 36.9 Å². The minimum Gasteiger partial charge on any atom is -0.444 e. The molecular formula is C25H32N2O6S2. The number of benzene rings is 2. The molecule has 3 rings (SSSR count). The third-order valence-electron chi connectivity index (χ3n) is 5.58. The van der Waals surface area contributed by atoms with E-state index in [-0.39, 0.29) is 10.8 Å². The number of sulfone groups is 1. The number of carbonyl (C=O) groups excluding carboxylic acids is 1. The Hall–Kier alpha value is -2.85. The van der Waals surface area contributed by atoms with E-state index >= 15 is 0 Å². The fourth-order valence-corrected chi connectivity index (χ4v) is 5.68. The molecule has 0 fully saturated rings. The van der Waals surface area contributed by atoms with Crippen LogP contribution in [-0.2, 0) is 24.6 Å². The fourth-order valence-electron chi connectivity index (χ4n) is 3.94. The number of nitrogens with zero attached hydrogens (tertiary/aromatic N) is 2. The monoisotopic (exact) mass is 520 g/mol. The average molecular weight is 521 g/mol. The zero-order valence-corrected chi connectivity index (χ0v) is 22.5. The van der Waals surface area contributed by atoms with E-state index in [1.54, 1.807) is 25.2 Å². The molecule has 190 valence electrons. The van der Waals surface area contributed by atoms with Crippen LogP contribution in [0, 0.1) is 0 Å². The summed E-state index contributed by atoms with van der Waals surface area (Å²) in [5.74, 6) is -0.167. The maximum atomic E-state index is 12.5. The average Bonchev–Trinajstić information content (AvgIpc) is 3.13. The third-order valence-corrected chi connectivity index (χ3v) is 7.72. The number of aromatic nitrogens is 1. The Bertz CT molecular complexity index is 1440. The Kier molecular flexibility index (Phi) is 7.38. The van der Waals surface area contributed by atoms with Crippen LogP contribution in [0.2, 0.25) is 0 Å². The fraction of sp³-hybridized carbons (Fsp3) is 0.400. The molecule has 0 aliphatic heterocycles. The van der Waals surface area contributed by atoms with E-state index in [1.165, 1.54) is 4.90 Å². The maximum absolute atomic E-state index is 12.5. The molecule has 1 amide bonds. The number of fused-ring (bicyclic) bond motifs is 1. The summed E-state index contributed by atoms with van der Waals surface area (Å²) in [6.07, 6.45) is 3.38. The first-order valence-electron chi connectivity index (χ1n) is 11.1. The Morgan fingerprint density at radius 3 is 2.17 bits per heavy atom. The summed E-state index contributed by atoms with van der Waals surface area (Å²) >= 11 is 0. The van der Waals surface area contributed by atoms with Gasteiger partial charge in [-0.2, -0.15) is 0 Å². The van der Waals surface area contributed by atoms with Crippen LogP contribution in [0.5, 0.6) is 0 Å². The molecule has 1 aromatic heterocycles. The van der Waals surface area contributed by atoms with Gasteiger partial charge in [-0.3, -0.25) is 0 Å². The first-order chi connectivity index (χ1) is 16.1. The van der Waals surface area contributed by atoms with Crippen molar-refractivity contribution in [2.75, 3.05) is 26.1 Å². The predicted octanol–water partition coefficient (Wildman–Crippen LogP) is 4.24. The summed E-state index contributed by atoms with van der Waals surface area (Å²) in [6, 6.07) is 14.9. The van der Waals surface area contributed by atoms with Crippen molar-refractivity contribution in [3.05, 3.63) is 65.9 Å². The van der Waals surface area contributed by atoms with Crippen LogP contribution < -0.4 is 0 Å². The minimum atomic E-state index is -3.71. The SMILES string of the molecule is CN(CCC(c1ccccc1)c1ccc2c(c1)c(S(C)(=O)=O)cn2S(C)(=O)=O)C(=O)OC(C)(C)C. The lowest BCUT2D eigenvalue weighted by Gasteiger charge is -2.26. The molecule has 1 unspecified atom stereocenters. The van der Waals surface area contributed by atoms with E-state index < -0.39 is 31.6 Å². The predicted molar refractivity (Wildman–Crippen MR) is 137 cm³/mol. The standard InChI is InChI=1S/C25H32N2O6S2/c1-25(2,3)33-24(28)26(4)15-14-20(18-10-8-7-9-11-18)19-12-13-22-21(16-19)23(34(5,29)30)17-27(22)35(6,31)32/h7-13,16-17,20H,14-15H2,1-6H3. The van der Waals surface area contributed by atoms with Crippen molar-refractivity contribution < 1.29 is 26.4 Å². The molecule has 0 saturated carbocycles. The van der Waals surface area contributed by atoms with Gasteiger partial charge in [0, 0.05) is 37.3 Å². The van der Waals surface area contributed by atoms with Gasteiger partial charge in [-0.1, -0.05) is 36.4 Å². The van der Waals surface area contributed by atoms with Crippen molar-refractivity contribution in [1.29, 1.82) is 0 Å². The second-order valence-electron chi connectivity index (χ2n) is 9.75. The molecule has 0 aliphatic rings. The van der Waals surface area contributed by atoms with Crippen LogP contribution in [0.4, 0.5) is 4.79 Å². The highest BCUT2D eigenvalue weighted by Gasteiger charge is 2.25. The molecule has 1 heterocycles. The van der Waals surface area contributed by atoms with Gasteiger partial charge in [-0.15, -0.1) is 0 Å². The van der Waals surface area contributed by atoms with Gasteiger partial charge in [-0.05, 0) is 50.5 Å². The molecule has 8 nitrogen and oxygen atoms in total. The van der Waals surface area contributed by atoms with Gasteiger partial charge in [0.05, 0.1) is 16.7 Å². The first-order valence-corrected chi connectivity index (χ1v) is 14.9. The van der Waals surface area contributed by atoms with E-state index in [1.807, 2.05) is 51.1 Å². The summed E-state index contributed by atoms with van der Waals surface area (Å²) < 4.78 is 56.0. The molecule has 1 atom stereocenters. The number of hydrogen-bond donors (Lipinski definition) is 0. The number of amides is 1. The van der Waals surface area contributed by atoms with Crippen molar-refractivity contribution in [3.63, 3.8) is 0 Å².